The summed E-state index contributed by atoms with van der Waals surface area (Å²) in [6, 6.07) is 2.88. The maximum absolute atomic E-state index is 12.2. The fourth-order valence-electron chi connectivity index (χ4n) is 3.97. The molecule has 2 fully saturated rings. The summed E-state index contributed by atoms with van der Waals surface area (Å²) in [6.07, 6.45) is -14.2. The molecule has 6 N–H and O–H groups in total. The summed E-state index contributed by atoms with van der Waals surface area (Å²) in [7, 11) is 2.69. The number of hydrogen-bond donors (Lipinski definition) is 6. The predicted octanol–water partition coefficient (Wildman–Crippen LogP) is -1.67. The summed E-state index contributed by atoms with van der Waals surface area (Å²) in [5.74, 6) is 0.0325. The Hall–Kier alpha value is -2.07. The van der Waals surface area contributed by atoms with E-state index in [1.807, 2.05) is 0 Å². The number of Topliss-reactive ketones (excluding diaryl/α,β-unsaturated/α-hetero) is 1. The summed E-state index contributed by atoms with van der Waals surface area (Å²) >= 11 is 0. The van der Waals surface area contributed by atoms with Gasteiger partial charge in [0, 0.05) is 12.0 Å². The van der Waals surface area contributed by atoms with Gasteiger partial charge in [0.1, 0.15) is 42.7 Å². The second-order valence-corrected chi connectivity index (χ2v) is 8.63. The fraction of sp³-hybridized carbons (Fsp3) is 0.696. The molecule has 2 saturated heterocycles. The van der Waals surface area contributed by atoms with Crippen LogP contribution in [-0.2, 0) is 14.2 Å². The highest BCUT2D eigenvalue weighted by molar-refractivity contribution is 5.97. The van der Waals surface area contributed by atoms with Gasteiger partial charge in [0.25, 0.3) is 0 Å². The Balaban J connectivity index is 1.77. The van der Waals surface area contributed by atoms with E-state index >= 15 is 0 Å². The minimum Gasteiger partial charge on any atom is -0.493 e. The third kappa shape index (κ3) is 5.74. The number of benzene rings is 1. The van der Waals surface area contributed by atoms with E-state index in [1.54, 1.807) is 6.92 Å². The molecule has 0 radical (unpaired) electrons. The lowest BCUT2D eigenvalue weighted by Gasteiger charge is -2.42. The molecule has 13 nitrogen and oxygen atoms in total. The normalized spacial score (nSPS) is 36.8. The third-order valence-corrected chi connectivity index (χ3v) is 6.24. The second-order valence-electron chi connectivity index (χ2n) is 8.63. The molecule has 0 saturated carbocycles. The van der Waals surface area contributed by atoms with E-state index in [0.717, 1.165) is 0 Å². The summed E-state index contributed by atoms with van der Waals surface area (Å²) in [4.78, 5) is 12.2. The molecule has 13 heteroatoms. The molecule has 0 aliphatic carbocycles. The Morgan fingerprint density at radius 2 is 1.39 bits per heavy atom. The topological polar surface area (TPSA) is 194 Å². The number of hydrogen-bond acceptors (Lipinski definition) is 13. The van der Waals surface area contributed by atoms with Crippen molar-refractivity contribution >= 4 is 5.78 Å². The Bertz CT molecular complexity index is 870. The number of methoxy groups -OCH3 is 2. The van der Waals surface area contributed by atoms with Crippen LogP contribution in [0.15, 0.2) is 12.1 Å². The number of aliphatic hydroxyl groups excluding tert-OH is 6. The van der Waals surface area contributed by atoms with Crippen LogP contribution in [-0.4, -0.2) is 119 Å². The van der Waals surface area contributed by atoms with E-state index in [-0.39, 0.29) is 29.5 Å². The van der Waals surface area contributed by atoms with Crippen molar-refractivity contribution in [2.24, 2.45) is 0 Å². The lowest BCUT2D eigenvalue weighted by atomic mass is 9.98. The van der Waals surface area contributed by atoms with Crippen LogP contribution in [0.25, 0.3) is 0 Å². The summed E-state index contributed by atoms with van der Waals surface area (Å²) < 4.78 is 32.9. The molecule has 204 valence electrons. The third-order valence-electron chi connectivity index (χ3n) is 6.24. The number of carbonyl (C=O) groups is 1. The molecule has 0 unspecified atom stereocenters. The number of ketones is 1. The summed E-state index contributed by atoms with van der Waals surface area (Å²) in [5.41, 5.74) is 0.318. The van der Waals surface area contributed by atoms with Crippen molar-refractivity contribution in [2.45, 2.75) is 81.7 Å². The fourth-order valence-corrected chi connectivity index (χ4v) is 3.97. The quantitative estimate of drug-likeness (QED) is 0.203. The van der Waals surface area contributed by atoms with E-state index in [2.05, 4.69) is 0 Å². The number of rotatable bonds is 9. The van der Waals surface area contributed by atoms with E-state index in [4.69, 9.17) is 28.4 Å². The predicted molar refractivity (Wildman–Crippen MR) is 120 cm³/mol. The Kier molecular flexibility index (Phi) is 9.49. The average molecular weight is 519 g/mol. The molecule has 0 amide bonds. The molecule has 2 heterocycles. The van der Waals surface area contributed by atoms with Gasteiger partial charge in [-0.25, -0.2) is 0 Å². The maximum Gasteiger partial charge on any atom is 0.229 e. The van der Waals surface area contributed by atoms with Crippen molar-refractivity contribution in [2.75, 3.05) is 20.8 Å². The molecule has 36 heavy (non-hydrogen) atoms. The van der Waals surface area contributed by atoms with Crippen molar-refractivity contribution in [3.8, 4) is 17.2 Å². The molecule has 0 aromatic heterocycles. The Morgan fingerprint density at radius 3 is 1.94 bits per heavy atom. The van der Waals surface area contributed by atoms with Crippen LogP contribution < -0.4 is 14.2 Å². The van der Waals surface area contributed by atoms with Gasteiger partial charge in [-0.3, -0.25) is 4.79 Å². The van der Waals surface area contributed by atoms with Crippen molar-refractivity contribution in [1.29, 1.82) is 0 Å². The highest BCUT2D eigenvalue weighted by Crippen LogP contribution is 2.41. The zero-order chi connectivity index (χ0) is 26.7. The lowest BCUT2D eigenvalue weighted by molar-refractivity contribution is -0.318. The van der Waals surface area contributed by atoms with Crippen LogP contribution in [0.4, 0.5) is 0 Å². The van der Waals surface area contributed by atoms with Crippen molar-refractivity contribution in [1.82, 2.24) is 0 Å². The minimum atomic E-state index is -1.71. The van der Waals surface area contributed by atoms with Gasteiger partial charge in [-0.1, -0.05) is 6.92 Å². The maximum atomic E-state index is 12.2. The molecular weight excluding hydrogens is 484 g/mol. The largest absolute Gasteiger partial charge is 0.493 e. The van der Waals surface area contributed by atoms with Crippen molar-refractivity contribution < 1.29 is 63.9 Å². The SMILES string of the molecule is CCC(=O)c1cc(OC)c(O[C@@H]2O[C@H](CO[C@@H]3O[C@@H](C)[C@H](O)[C@@H](O)[C@H]3O)[C@@H](O)[C@H](O)[C@H]2O)c(OC)c1. The van der Waals surface area contributed by atoms with Gasteiger partial charge in [0.2, 0.25) is 12.0 Å². The molecule has 3 rings (SSSR count). The van der Waals surface area contributed by atoms with Gasteiger partial charge < -0.3 is 59.1 Å². The Morgan fingerprint density at radius 1 is 0.833 bits per heavy atom. The first kappa shape index (κ1) is 28.5. The monoisotopic (exact) mass is 518 g/mol. The van der Waals surface area contributed by atoms with Crippen LogP contribution in [0.1, 0.15) is 30.6 Å². The van der Waals surface area contributed by atoms with Crippen LogP contribution >= 0.6 is 0 Å². The van der Waals surface area contributed by atoms with Crippen LogP contribution in [0.2, 0.25) is 0 Å². The lowest BCUT2D eigenvalue weighted by Crippen LogP contribution is -2.61. The van der Waals surface area contributed by atoms with Gasteiger partial charge in [0.05, 0.1) is 26.9 Å². The van der Waals surface area contributed by atoms with E-state index in [0.29, 0.717) is 5.56 Å². The van der Waals surface area contributed by atoms with E-state index < -0.39 is 68.0 Å². The standard InChI is InChI=1S/C23H34O13/c1-5-11(24)10-6-12(31-3)21(13(7-10)32-4)36-23-20(30)18(28)16(26)14(35-23)8-33-22-19(29)17(27)15(25)9(2)34-22/h6-7,9,14-20,22-23,25-30H,5,8H2,1-4H3/t9-,14+,15-,16+,17+,18-,19+,20+,22+,23-/m0/s1. The van der Waals surface area contributed by atoms with E-state index in [9.17, 15) is 35.4 Å². The average Bonchev–Trinajstić information content (AvgIpc) is 2.88. The first-order chi connectivity index (χ1) is 17.0. The molecule has 0 bridgehead atoms. The molecule has 0 spiro atoms. The van der Waals surface area contributed by atoms with Gasteiger partial charge in [-0.05, 0) is 19.1 Å². The summed E-state index contributed by atoms with van der Waals surface area (Å²) in [6.45, 7) is 2.74. The minimum absolute atomic E-state index is 0.0167. The first-order valence-corrected chi connectivity index (χ1v) is 11.5. The van der Waals surface area contributed by atoms with Crippen LogP contribution in [0.5, 0.6) is 17.2 Å². The summed E-state index contributed by atoms with van der Waals surface area (Å²) in [5, 5.41) is 61.2. The second kappa shape index (κ2) is 12.0. The Labute approximate surface area is 207 Å². The smallest absolute Gasteiger partial charge is 0.229 e. The zero-order valence-corrected chi connectivity index (χ0v) is 20.4. The number of aliphatic hydroxyl groups is 6. The number of carbonyl (C=O) groups excluding carboxylic acids is 1. The van der Waals surface area contributed by atoms with Crippen molar-refractivity contribution in [3.05, 3.63) is 17.7 Å². The highest BCUT2D eigenvalue weighted by Gasteiger charge is 2.47. The van der Waals surface area contributed by atoms with Gasteiger partial charge in [-0.15, -0.1) is 0 Å². The van der Waals surface area contributed by atoms with Crippen molar-refractivity contribution in [3.63, 3.8) is 0 Å². The van der Waals surface area contributed by atoms with Crippen LogP contribution in [0, 0.1) is 0 Å². The molecule has 1 aromatic carbocycles. The molecule has 2 aliphatic heterocycles. The molecule has 2 aliphatic rings. The number of ether oxygens (including phenoxy) is 6. The highest BCUT2D eigenvalue weighted by atomic mass is 16.7. The van der Waals surface area contributed by atoms with E-state index in [1.165, 1.54) is 33.3 Å². The molecular formula is C23H34O13. The molecule has 10 atom stereocenters. The van der Waals surface area contributed by atoms with Gasteiger partial charge in [-0.2, -0.15) is 0 Å². The zero-order valence-electron chi connectivity index (χ0n) is 20.4. The molecule has 1 aromatic rings. The van der Waals surface area contributed by atoms with Gasteiger partial charge >= 0.3 is 0 Å². The first-order valence-electron chi connectivity index (χ1n) is 11.5. The van der Waals surface area contributed by atoms with Crippen LogP contribution in [0.3, 0.4) is 0 Å². The van der Waals surface area contributed by atoms with Gasteiger partial charge in [0.15, 0.2) is 23.6 Å².